The van der Waals surface area contributed by atoms with Gasteiger partial charge in [0.15, 0.2) is 0 Å². The maximum absolute atomic E-state index is 11.7. The van der Waals surface area contributed by atoms with Crippen LogP contribution < -0.4 is 11.1 Å². The van der Waals surface area contributed by atoms with Gasteiger partial charge in [0.1, 0.15) is 0 Å². The van der Waals surface area contributed by atoms with Gasteiger partial charge in [-0.15, -0.1) is 0 Å². The molecule has 4 aliphatic rings. The third kappa shape index (κ3) is 1.32. The van der Waals surface area contributed by atoms with E-state index in [4.69, 9.17) is 10.8 Å². The minimum atomic E-state index is -0.204. The van der Waals surface area contributed by atoms with Gasteiger partial charge >= 0.3 is 0 Å². The fourth-order valence-electron chi connectivity index (χ4n) is 4.76. The van der Waals surface area contributed by atoms with Gasteiger partial charge in [-0.3, -0.25) is 10.1 Å². The molecule has 4 rings (SSSR count). The van der Waals surface area contributed by atoms with Crippen molar-refractivity contribution in [3.05, 3.63) is 0 Å². The fourth-order valence-corrected chi connectivity index (χ4v) is 4.76. The van der Waals surface area contributed by atoms with Crippen LogP contribution in [-0.2, 0) is 4.79 Å². The molecule has 0 spiro atoms. The van der Waals surface area contributed by atoms with E-state index < -0.39 is 0 Å². The average molecular weight is 224 g/mol. The van der Waals surface area contributed by atoms with Crippen LogP contribution in [-0.4, -0.2) is 23.8 Å². The minimum absolute atomic E-state index is 0.0475. The van der Waals surface area contributed by atoms with Crippen molar-refractivity contribution in [1.29, 1.82) is 0 Å². The average Bonchev–Trinajstić information content (AvgIpc) is 2.22. The van der Waals surface area contributed by atoms with Gasteiger partial charge in [0, 0.05) is 11.5 Å². The van der Waals surface area contributed by atoms with E-state index >= 15 is 0 Å². The summed E-state index contributed by atoms with van der Waals surface area (Å²) in [4.78, 5) is 11.7. The lowest BCUT2D eigenvalue weighted by Crippen LogP contribution is -2.61. The van der Waals surface area contributed by atoms with E-state index in [0.717, 1.165) is 19.3 Å². The van der Waals surface area contributed by atoms with Gasteiger partial charge in [-0.25, -0.2) is 0 Å². The molecule has 0 aromatic heterocycles. The first-order valence-corrected chi connectivity index (χ1v) is 6.29. The zero-order valence-corrected chi connectivity index (χ0v) is 9.48. The number of primary amides is 1. The van der Waals surface area contributed by atoms with Crippen LogP contribution in [0.15, 0.2) is 0 Å². The molecule has 0 aromatic rings. The topological polar surface area (TPSA) is 75.4 Å². The van der Waals surface area contributed by atoms with E-state index in [1.54, 1.807) is 0 Å². The first kappa shape index (κ1) is 10.5. The van der Waals surface area contributed by atoms with Crippen molar-refractivity contribution in [1.82, 2.24) is 5.32 Å². The summed E-state index contributed by atoms with van der Waals surface area (Å²) in [5.41, 5.74) is 5.40. The molecule has 90 valence electrons. The van der Waals surface area contributed by atoms with Gasteiger partial charge < -0.3 is 10.8 Å². The van der Waals surface area contributed by atoms with Gasteiger partial charge in [0.25, 0.3) is 0 Å². The number of amides is 1. The smallest absolute Gasteiger partial charge is 0.223 e. The summed E-state index contributed by atoms with van der Waals surface area (Å²) < 4.78 is 0. The summed E-state index contributed by atoms with van der Waals surface area (Å²) >= 11 is 0. The monoisotopic (exact) mass is 224 g/mol. The van der Waals surface area contributed by atoms with Crippen molar-refractivity contribution < 1.29 is 9.90 Å². The Morgan fingerprint density at radius 2 is 1.94 bits per heavy atom. The van der Waals surface area contributed by atoms with Gasteiger partial charge in [-0.1, -0.05) is 0 Å². The molecular weight excluding hydrogens is 204 g/mol. The van der Waals surface area contributed by atoms with Crippen LogP contribution in [0.2, 0.25) is 0 Å². The minimum Gasteiger partial charge on any atom is -0.381 e. The van der Waals surface area contributed by atoms with Gasteiger partial charge in [-0.2, -0.15) is 0 Å². The zero-order chi connectivity index (χ0) is 11.3. The van der Waals surface area contributed by atoms with Crippen molar-refractivity contribution in [2.75, 3.05) is 6.73 Å². The number of hydrogen-bond acceptors (Lipinski definition) is 3. The Bertz CT molecular complexity index is 302. The van der Waals surface area contributed by atoms with E-state index in [1.165, 1.54) is 12.8 Å². The Kier molecular flexibility index (Phi) is 2.27. The molecule has 0 radical (unpaired) electrons. The van der Waals surface area contributed by atoms with Crippen molar-refractivity contribution in [2.45, 2.75) is 38.1 Å². The van der Waals surface area contributed by atoms with E-state index in [1.807, 2.05) is 0 Å². The molecule has 0 saturated heterocycles. The molecule has 2 unspecified atom stereocenters. The Morgan fingerprint density at radius 1 is 1.31 bits per heavy atom. The third-order valence-corrected chi connectivity index (χ3v) is 5.12. The molecule has 4 bridgehead atoms. The second-order valence-corrected chi connectivity index (χ2v) is 6.00. The SMILES string of the molecule is NC(=O)C12CC3CC(C1)C(NCO)C(C3)C2. The second kappa shape index (κ2) is 3.44. The van der Waals surface area contributed by atoms with Crippen molar-refractivity contribution in [3.63, 3.8) is 0 Å². The molecule has 1 amide bonds. The number of aliphatic hydroxyl groups excluding tert-OH is 1. The standard InChI is InChI=1S/C12H20N2O2/c13-11(16)12-3-7-1-8(4-12)10(14-6-15)9(2-7)5-12/h7-10,14-15H,1-6H2,(H2,13,16). The molecule has 16 heavy (non-hydrogen) atoms. The molecule has 4 nitrogen and oxygen atoms in total. The van der Waals surface area contributed by atoms with Crippen LogP contribution in [0.4, 0.5) is 0 Å². The summed E-state index contributed by atoms with van der Waals surface area (Å²) in [6.07, 6.45) is 5.31. The number of carbonyl (C=O) groups is 1. The van der Waals surface area contributed by atoms with E-state index in [0.29, 0.717) is 23.8 Å². The molecule has 2 atom stereocenters. The number of carbonyl (C=O) groups excluding carboxylic acids is 1. The molecule has 4 fully saturated rings. The molecule has 4 N–H and O–H groups in total. The number of nitrogens with one attached hydrogen (secondary N) is 1. The number of aliphatic hydroxyl groups is 1. The maximum Gasteiger partial charge on any atom is 0.223 e. The van der Waals surface area contributed by atoms with Crippen molar-refractivity contribution in [3.8, 4) is 0 Å². The molecule has 4 saturated carbocycles. The predicted octanol–water partition coefficient (Wildman–Crippen LogP) is 0.206. The van der Waals surface area contributed by atoms with Crippen molar-refractivity contribution in [2.24, 2.45) is 28.9 Å². The van der Waals surface area contributed by atoms with Crippen LogP contribution in [0, 0.1) is 23.2 Å². The highest BCUT2D eigenvalue weighted by Gasteiger charge is 2.57. The third-order valence-electron chi connectivity index (χ3n) is 5.12. The summed E-state index contributed by atoms with van der Waals surface area (Å²) in [6, 6.07) is 0.411. The lowest BCUT2D eigenvalue weighted by atomic mass is 9.47. The second-order valence-electron chi connectivity index (χ2n) is 6.00. The van der Waals surface area contributed by atoms with E-state index in [9.17, 15) is 4.79 Å². The number of rotatable bonds is 3. The molecule has 4 aliphatic carbocycles. The highest BCUT2D eigenvalue weighted by molar-refractivity contribution is 5.81. The maximum atomic E-state index is 11.7. The Morgan fingerprint density at radius 3 is 2.44 bits per heavy atom. The molecule has 4 heteroatoms. The summed E-state index contributed by atoms with van der Waals surface area (Å²) in [6.45, 7) is 0.0475. The molecular formula is C12H20N2O2. The van der Waals surface area contributed by atoms with E-state index in [-0.39, 0.29) is 18.1 Å². The summed E-state index contributed by atoms with van der Waals surface area (Å²) in [7, 11) is 0. The van der Waals surface area contributed by atoms with Crippen LogP contribution in [0.25, 0.3) is 0 Å². The number of hydrogen-bond donors (Lipinski definition) is 3. The molecule has 0 heterocycles. The Balaban J connectivity index is 1.86. The lowest BCUT2D eigenvalue weighted by molar-refractivity contribution is -0.146. The Labute approximate surface area is 95.6 Å². The van der Waals surface area contributed by atoms with Gasteiger partial charge in [0.05, 0.1) is 6.73 Å². The van der Waals surface area contributed by atoms with Crippen LogP contribution in [0.3, 0.4) is 0 Å². The van der Waals surface area contributed by atoms with Gasteiger partial charge in [-0.05, 0) is 49.9 Å². The first-order chi connectivity index (χ1) is 7.64. The fraction of sp³-hybridized carbons (Fsp3) is 0.917. The highest BCUT2D eigenvalue weighted by Crippen LogP contribution is 2.59. The normalized spacial score (nSPS) is 49.6. The molecule has 0 aromatic carbocycles. The molecule has 0 aliphatic heterocycles. The van der Waals surface area contributed by atoms with E-state index in [2.05, 4.69) is 5.32 Å². The largest absolute Gasteiger partial charge is 0.381 e. The van der Waals surface area contributed by atoms with Crippen LogP contribution in [0.1, 0.15) is 32.1 Å². The Hall–Kier alpha value is -0.610. The van der Waals surface area contributed by atoms with Gasteiger partial charge in [0.2, 0.25) is 5.91 Å². The van der Waals surface area contributed by atoms with Crippen LogP contribution >= 0.6 is 0 Å². The van der Waals surface area contributed by atoms with Crippen LogP contribution in [0.5, 0.6) is 0 Å². The number of nitrogens with two attached hydrogens (primary N) is 1. The first-order valence-electron chi connectivity index (χ1n) is 6.29. The highest BCUT2D eigenvalue weighted by atomic mass is 16.3. The van der Waals surface area contributed by atoms with Crippen molar-refractivity contribution >= 4 is 5.91 Å². The quantitative estimate of drug-likeness (QED) is 0.600. The lowest BCUT2D eigenvalue weighted by Gasteiger charge is -2.58. The summed E-state index contributed by atoms with van der Waals surface area (Å²) in [5.74, 6) is 1.70. The summed E-state index contributed by atoms with van der Waals surface area (Å²) in [5, 5.41) is 12.2. The zero-order valence-electron chi connectivity index (χ0n) is 9.48. The predicted molar refractivity (Wildman–Crippen MR) is 59.2 cm³/mol.